The van der Waals surface area contributed by atoms with Gasteiger partial charge >= 0.3 is 11.9 Å². The van der Waals surface area contributed by atoms with Crippen LogP contribution in [0.1, 0.15) is 51.5 Å². The zero-order valence-electron chi connectivity index (χ0n) is 11.3. The maximum absolute atomic E-state index is 12.2. The molecule has 1 N–H and O–H groups in total. The third-order valence-electron chi connectivity index (χ3n) is 4.11. The van der Waals surface area contributed by atoms with Crippen LogP contribution >= 0.6 is 0 Å². The third kappa shape index (κ3) is 1.60. The Morgan fingerprint density at radius 1 is 1.40 bits per heavy atom. The van der Waals surface area contributed by atoms with E-state index in [4.69, 9.17) is 4.74 Å². The standard InChI is InChI=1S/C14H15NO5/c1-3-20-14(19)12(16)10-6(2)11(13(17)18)15-8-4-7(8)5-9(10)15/h7-8H,3-5H2,1-2H3,(H,17,18)/t7-,8-/m1/s1. The number of carbonyl (C=O) groups excluding carboxylic acids is 2. The topological polar surface area (TPSA) is 85.6 Å². The summed E-state index contributed by atoms with van der Waals surface area (Å²) in [6.45, 7) is 3.33. The fraction of sp³-hybridized carbons (Fsp3) is 0.500. The Hall–Kier alpha value is -2.11. The molecule has 0 aromatic carbocycles. The number of esters is 1. The van der Waals surface area contributed by atoms with Gasteiger partial charge in [-0.1, -0.05) is 0 Å². The molecular weight excluding hydrogens is 262 g/mol. The molecule has 0 unspecified atom stereocenters. The average Bonchev–Trinajstić information content (AvgIpc) is 2.95. The summed E-state index contributed by atoms with van der Waals surface area (Å²) in [5.74, 6) is -2.29. The van der Waals surface area contributed by atoms with Crippen LogP contribution in [0.2, 0.25) is 0 Å². The van der Waals surface area contributed by atoms with Gasteiger partial charge < -0.3 is 14.4 Å². The minimum Gasteiger partial charge on any atom is -0.477 e. The summed E-state index contributed by atoms with van der Waals surface area (Å²) >= 11 is 0. The molecule has 0 bridgehead atoms. The number of aromatic carboxylic acids is 1. The first-order valence-corrected chi connectivity index (χ1v) is 6.65. The second-order valence-corrected chi connectivity index (χ2v) is 5.29. The SMILES string of the molecule is CCOC(=O)C(=O)c1c(C)c(C(=O)O)n2c1C[C@H]1C[C@H]12. The number of carboxylic acid groups (broad SMARTS) is 1. The van der Waals surface area contributed by atoms with Gasteiger partial charge in [-0.3, -0.25) is 4.79 Å². The van der Waals surface area contributed by atoms with Crippen molar-refractivity contribution in [1.82, 2.24) is 4.57 Å². The predicted octanol–water partition coefficient (Wildman–Crippen LogP) is 1.36. The molecule has 2 aliphatic rings. The zero-order chi connectivity index (χ0) is 14.6. The van der Waals surface area contributed by atoms with Crippen molar-refractivity contribution in [2.75, 3.05) is 6.61 Å². The number of nitrogens with zero attached hydrogens (tertiary/aromatic N) is 1. The molecule has 1 aromatic heterocycles. The summed E-state index contributed by atoms with van der Waals surface area (Å²) in [4.78, 5) is 35.3. The lowest BCUT2D eigenvalue weighted by atomic mass is 10.0. The van der Waals surface area contributed by atoms with Gasteiger partial charge in [0.25, 0.3) is 5.78 Å². The lowest BCUT2D eigenvalue weighted by Crippen LogP contribution is -2.19. The summed E-state index contributed by atoms with van der Waals surface area (Å²) in [5.41, 5.74) is 1.42. The normalized spacial score (nSPS) is 22.1. The third-order valence-corrected chi connectivity index (χ3v) is 4.11. The second kappa shape index (κ2) is 4.19. The Bertz CT molecular complexity index is 642. The first kappa shape index (κ1) is 12.9. The van der Waals surface area contributed by atoms with Crippen LogP contribution in [0.3, 0.4) is 0 Å². The van der Waals surface area contributed by atoms with Crippen LogP contribution in [0.4, 0.5) is 0 Å². The van der Waals surface area contributed by atoms with Crippen LogP contribution in [0, 0.1) is 12.8 Å². The Kier molecular flexibility index (Phi) is 2.70. The summed E-state index contributed by atoms with van der Waals surface area (Å²) in [6, 6.07) is 0.179. The number of ketones is 1. The lowest BCUT2D eigenvalue weighted by molar-refractivity contribution is -0.137. The van der Waals surface area contributed by atoms with Crippen molar-refractivity contribution in [2.24, 2.45) is 5.92 Å². The number of carboxylic acids is 1. The van der Waals surface area contributed by atoms with Crippen LogP contribution in [0.25, 0.3) is 0 Å². The number of Topliss-reactive ketones (excluding diaryl/α,β-unsaturated/α-hetero) is 1. The van der Waals surface area contributed by atoms with E-state index in [-0.39, 0.29) is 23.9 Å². The van der Waals surface area contributed by atoms with Crippen molar-refractivity contribution in [2.45, 2.75) is 32.7 Å². The molecule has 0 radical (unpaired) electrons. The molecule has 2 atom stereocenters. The van der Waals surface area contributed by atoms with E-state index < -0.39 is 17.7 Å². The minimum atomic E-state index is -1.06. The number of ether oxygens (including phenoxy) is 1. The van der Waals surface area contributed by atoms with Gasteiger partial charge in [-0.25, -0.2) is 9.59 Å². The zero-order valence-corrected chi connectivity index (χ0v) is 11.3. The highest BCUT2D eigenvalue weighted by Crippen LogP contribution is 2.54. The summed E-state index contributed by atoms with van der Waals surface area (Å²) in [7, 11) is 0. The Morgan fingerprint density at radius 3 is 2.70 bits per heavy atom. The molecule has 0 saturated heterocycles. The molecule has 106 valence electrons. The van der Waals surface area contributed by atoms with Crippen molar-refractivity contribution in [3.8, 4) is 0 Å². The average molecular weight is 277 g/mol. The van der Waals surface area contributed by atoms with Gasteiger partial charge in [0.1, 0.15) is 5.69 Å². The predicted molar refractivity (Wildman–Crippen MR) is 67.9 cm³/mol. The molecule has 1 aliphatic carbocycles. The molecule has 2 heterocycles. The largest absolute Gasteiger partial charge is 0.477 e. The summed E-state index contributed by atoms with van der Waals surface area (Å²) in [6.07, 6.45) is 1.62. The lowest BCUT2D eigenvalue weighted by Gasteiger charge is -2.05. The van der Waals surface area contributed by atoms with E-state index >= 15 is 0 Å². The highest BCUT2D eigenvalue weighted by atomic mass is 16.5. The van der Waals surface area contributed by atoms with E-state index in [1.165, 1.54) is 0 Å². The van der Waals surface area contributed by atoms with E-state index in [0.29, 0.717) is 23.6 Å². The van der Waals surface area contributed by atoms with Crippen molar-refractivity contribution >= 4 is 17.7 Å². The first-order valence-electron chi connectivity index (χ1n) is 6.65. The number of hydrogen-bond acceptors (Lipinski definition) is 4. The quantitative estimate of drug-likeness (QED) is 0.510. The molecule has 0 spiro atoms. The van der Waals surface area contributed by atoms with Gasteiger partial charge in [-0.15, -0.1) is 0 Å². The van der Waals surface area contributed by atoms with Gasteiger partial charge in [-0.2, -0.15) is 0 Å². The fourth-order valence-corrected chi connectivity index (χ4v) is 3.22. The number of rotatable bonds is 4. The molecule has 6 heteroatoms. The highest BCUT2D eigenvalue weighted by Gasteiger charge is 2.50. The Morgan fingerprint density at radius 2 is 2.10 bits per heavy atom. The Balaban J connectivity index is 2.11. The van der Waals surface area contributed by atoms with E-state index in [9.17, 15) is 19.5 Å². The van der Waals surface area contributed by atoms with E-state index in [1.54, 1.807) is 18.4 Å². The summed E-state index contributed by atoms with van der Waals surface area (Å²) < 4.78 is 6.47. The molecule has 6 nitrogen and oxygen atoms in total. The van der Waals surface area contributed by atoms with Gasteiger partial charge in [-0.05, 0) is 38.2 Å². The van der Waals surface area contributed by atoms with Gasteiger partial charge in [0.15, 0.2) is 0 Å². The number of hydrogen-bond donors (Lipinski definition) is 1. The molecule has 1 saturated carbocycles. The molecule has 0 amide bonds. The molecular formula is C14H15NO5. The molecule has 20 heavy (non-hydrogen) atoms. The maximum Gasteiger partial charge on any atom is 0.379 e. The van der Waals surface area contributed by atoms with E-state index in [1.807, 2.05) is 0 Å². The van der Waals surface area contributed by atoms with Crippen LogP contribution in [-0.4, -0.2) is 34.0 Å². The van der Waals surface area contributed by atoms with Crippen molar-refractivity contribution < 1.29 is 24.2 Å². The summed E-state index contributed by atoms with van der Waals surface area (Å²) in [5, 5.41) is 9.35. The van der Waals surface area contributed by atoms with Crippen molar-refractivity contribution in [3.63, 3.8) is 0 Å². The molecule has 3 rings (SSSR count). The molecule has 1 aromatic rings. The van der Waals surface area contributed by atoms with E-state index in [2.05, 4.69) is 0 Å². The van der Waals surface area contributed by atoms with Crippen LogP contribution < -0.4 is 0 Å². The van der Waals surface area contributed by atoms with E-state index in [0.717, 1.165) is 6.42 Å². The monoisotopic (exact) mass is 277 g/mol. The van der Waals surface area contributed by atoms with Gasteiger partial charge in [0, 0.05) is 11.7 Å². The minimum absolute atomic E-state index is 0.122. The van der Waals surface area contributed by atoms with Crippen molar-refractivity contribution in [1.29, 1.82) is 0 Å². The smallest absolute Gasteiger partial charge is 0.379 e. The Labute approximate surface area is 115 Å². The fourth-order valence-electron chi connectivity index (χ4n) is 3.22. The molecule has 1 fully saturated rings. The maximum atomic E-state index is 12.2. The highest BCUT2D eigenvalue weighted by molar-refractivity contribution is 6.41. The van der Waals surface area contributed by atoms with Gasteiger partial charge in [0.05, 0.1) is 12.2 Å². The number of fused-ring (bicyclic) bond motifs is 3. The second-order valence-electron chi connectivity index (χ2n) is 5.29. The van der Waals surface area contributed by atoms with Crippen molar-refractivity contribution in [3.05, 3.63) is 22.5 Å². The number of aromatic nitrogens is 1. The van der Waals surface area contributed by atoms with Gasteiger partial charge in [0.2, 0.25) is 0 Å². The van der Waals surface area contributed by atoms with Crippen LogP contribution in [0.5, 0.6) is 0 Å². The molecule has 1 aliphatic heterocycles. The van der Waals surface area contributed by atoms with Crippen LogP contribution in [0.15, 0.2) is 0 Å². The number of carbonyl (C=O) groups is 3. The first-order chi connectivity index (χ1) is 9.47. The van der Waals surface area contributed by atoms with Crippen LogP contribution in [-0.2, 0) is 16.0 Å².